The zero-order valence-electron chi connectivity index (χ0n) is 19.8. The molecule has 2 saturated carbocycles. The number of carbonyl (C=O) groups is 1. The number of carbonyl (C=O) groups excluding carboxylic acids is 1. The van der Waals surface area contributed by atoms with Crippen molar-refractivity contribution in [2.75, 3.05) is 17.9 Å². The Morgan fingerprint density at radius 3 is 2.47 bits per heavy atom. The molecule has 0 saturated heterocycles. The second-order valence-electron chi connectivity index (χ2n) is 9.36. The van der Waals surface area contributed by atoms with Gasteiger partial charge in [-0.3, -0.25) is 9.36 Å². The van der Waals surface area contributed by atoms with E-state index in [2.05, 4.69) is 15.5 Å². The molecule has 1 atom stereocenters. The molecule has 2 aliphatic carbocycles. The Bertz CT molecular complexity index is 1190. The van der Waals surface area contributed by atoms with Gasteiger partial charge < -0.3 is 15.5 Å². The first-order chi connectivity index (χ1) is 16.4. The number of anilines is 1. The third kappa shape index (κ3) is 5.03. The number of rotatable bonds is 7. The number of benzene rings is 1. The first-order valence-electron chi connectivity index (χ1n) is 12.2. The maximum atomic E-state index is 15.1. The molecule has 1 unspecified atom stereocenters. The molecule has 2 N–H and O–H groups in total. The lowest BCUT2D eigenvalue weighted by atomic mass is 9.95. The minimum Gasteiger partial charge on any atom is -0.466 e. The highest BCUT2D eigenvalue weighted by Crippen LogP contribution is 2.32. The molecule has 34 heavy (non-hydrogen) atoms. The van der Waals surface area contributed by atoms with Crippen LogP contribution in [0.5, 0.6) is 0 Å². The molecule has 0 amide bonds. The van der Waals surface area contributed by atoms with Gasteiger partial charge in [0, 0.05) is 18.2 Å². The Hall–Kier alpha value is -3.10. The van der Waals surface area contributed by atoms with Crippen molar-refractivity contribution in [2.24, 2.45) is 0 Å². The molecule has 0 radical (unpaired) electrons. The van der Waals surface area contributed by atoms with Gasteiger partial charge in [0.15, 0.2) is 0 Å². The molecule has 1 aromatic heterocycles. The highest BCUT2D eigenvalue weighted by molar-refractivity contribution is 5.83. The Morgan fingerprint density at radius 1 is 1.12 bits per heavy atom. The van der Waals surface area contributed by atoms with E-state index in [1.54, 1.807) is 17.6 Å². The van der Waals surface area contributed by atoms with Crippen molar-refractivity contribution < 1.29 is 13.9 Å². The molecule has 2 fully saturated rings. The summed E-state index contributed by atoms with van der Waals surface area (Å²) in [5, 5.41) is 3.46. The molecule has 2 aliphatic rings. The van der Waals surface area contributed by atoms with Crippen LogP contribution in [0, 0.1) is 5.82 Å². The fourth-order valence-corrected chi connectivity index (χ4v) is 5.09. The molecule has 4 rings (SSSR count). The topological polar surface area (TPSA) is 94.4 Å². The van der Waals surface area contributed by atoms with E-state index in [-0.39, 0.29) is 17.5 Å². The van der Waals surface area contributed by atoms with Crippen molar-refractivity contribution in [1.29, 1.82) is 0 Å². The van der Waals surface area contributed by atoms with E-state index in [1.165, 1.54) is 31.7 Å². The quantitative estimate of drug-likeness (QED) is 0.470. The lowest BCUT2D eigenvalue weighted by Gasteiger charge is -2.25. The summed E-state index contributed by atoms with van der Waals surface area (Å²) >= 11 is 0. The van der Waals surface area contributed by atoms with Crippen molar-refractivity contribution in [3.8, 4) is 0 Å². The molecule has 9 heteroatoms. The summed E-state index contributed by atoms with van der Waals surface area (Å²) in [6.45, 7) is 1.70. The number of hydrogen-bond acceptors (Lipinski definition) is 6. The Balaban J connectivity index is 1.79. The molecule has 0 aliphatic heterocycles. The lowest BCUT2D eigenvalue weighted by Crippen LogP contribution is -2.47. The van der Waals surface area contributed by atoms with Crippen LogP contribution in [-0.4, -0.2) is 34.4 Å². The second-order valence-corrected chi connectivity index (χ2v) is 9.36. The molecular formula is C25H33FN4O4. The zero-order valence-corrected chi connectivity index (χ0v) is 19.8. The number of nitrogens with zero attached hydrogens (tertiary/aromatic N) is 2. The van der Waals surface area contributed by atoms with Gasteiger partial charge in [-0.2, -0.15) is 4.68 Å². The standard InChI is InChI=1S/C25H33FN4O4/c1-16(12-13-23(31)34-2)28-30-24(32)19-14-20(26)21(27-17-8-4-3-5-9-17)15-22(19)29(25(30)33)18-10-6-7-11-18/h12-18,27-28H,3-11H2,1-2H3. The maximum Gasteiger partial charge on any atom is 0.350 e. The van der Waals surface area contributed by atoms with Gasteiger partial charge in [0.1, 0.15) is 5.82 Å². The number of aromatic nitrogens is 2. The van der Waals surface area contributed by atoms with Gasteiger partial charge in [-0.15, -0.1) is 0 Å². The average Bonchev–Trinajstić information content (AvgIpc) is 3.36. The van der Waals surface area contributed by atoms with Crippen LogP contribution in [0.2, 0.25) is 0 Å². The van der Waals surface area contributed by atoms with E-state index in [9.17, 15) is 14.4 Å². The molecule has 8 nitrogen and oxygen atoms in total. The molecule has 0 bridgehead atoms. The van der Waals surface area contributed by atoms with Crippen LogP contribution in [0.15, 0.2) is 33.9 Å². The first-order valence-corrected chi connectivity index (χ1v) is 12.2. The van der Waals surface area contributed by atoms with Crippen molar-refractivity contribution in [3.05, 3.63) is 50.9 Å². The summed E-state index contributed by atoms with van der Waals surface area (Å²) in [4.78, 5) is 38.2. The van der Waals surface area contributed by atoms with E-state index in [4.69, 9.17) is 0 Å². The van der Waals surface area contributed by atoms with Crippen molar-refractivity contribution in [1.82, 2.24) is 9.24 Å². The van der Waals surface area contributed by atoms with Crippen LogP contribution in [0.25, 0.3) is 10.9 Å². The maximum absolute atomic E-state index is 15.1. The first kappa shape index (κ1) is 24.0. The molecule has 1 heterocycles. The normalized spacial score (nSPS) is 18.4. The zero-order chi connectivity index (χ0) is 24.2. The smallest absolute Gasteiger partial charge is 0.350 e. The molecule has 1 aromatic carbocycles. The summed E-state index contributed by atoms with van der Waals surface area (Å²) in [5.74, 6) is -1.04. The lowest BCUT2D eigenvalue weighted by molar-refractivity contribution is -0.134. The highest BCUT2D eigenvalue weighted by Gasteiger charge is 2.25. The number of halogens is 1. The fraction of sp³-hybridized carbons (Fsp3) is 0.560. The summed E-state index contributed by atoms with van der Waals surface area (Å²) in [6, 6.07) is 2.48. The van der Waals surface area contributed by atoms with Gasteiger partial charge in [-0.05, 0) is 44.7 Å². The van der Waals surface area contributed by atoms with Gasteiger partial charge >= 0.3 is 11.7 Å². The molecule has 2 aromatic rings. The van der Waals surface area contributed by atoms with E-state index in [0.29, 0.717) is 11.2 Å². The number of methoxy groups -OCH3 is 1. The molecule has 184 valence electrons. The fourth-order valence-electron chi connectivity index (χ4n) is 5.09. The van der Waals surface area contributed by atoms with E-state index in [0.717, 1.165) is 56.0 Å². The number of hydrogen-bond donors (Lipinski definition) is 2. The van der Waals surface area contributed by atoms with Gasteiger partial charge in [0.25, 0.3) is 5.56 Å². The van der Waals surface area contributed by atoms with Gasteiger partial charge in [-0.25, -0.2) is 14.0 Å². The van der Waals surface area contributed by atoms with Crippen LogP contribution >= 0.6 is 0 Å². The molecule has 0 spiro atoms. The predicted molar refractivity (Wildman–Crippen MR) is 130 cm³/mol. The predicted octanol–water partition coefficient (Wildman–Crippen LogP) is 3.82. The minimum absolute atomic E-state index is 0.0578. The van der Waals surface area contributed by atoms with Crippen molar-refractivity contribution in [3.63, 3.8) is 0 Å². The van der Waals surface area contributed by atoms with E-state index >= 15 is 4.39 Å². The Morgan fingerprint density at radius 2 is 1.79 bits per heavy atom. The van der Waals surface area contributed by atoms with Gasteiger partial charge in [-0.1, -0.05) is 38.2 Å². The van der Waals surface area contributed by atoms with Crippen molar-refractivity contribution >= 4 is 22.6 Å². The Kier molecular flexibility index (Phi) is 7.38. The summed E-state index contributed by atoms with van der Waals surface area (Å²) in [7, 11) is 1.27. The third-order valence-corrected chi connectivity index (χ3v) is 6.89. The van der Waals surface area contributed by atoms with Crippen LogP contribution in [0.1, 0.15) is 70.8 Å². The number of nitrogens with one attached hydrogen (secondary N) is 2. The van der Waals surface area contributed by atoms with Crippen LogP contribution in [0.3, 0.4) is 0 Å². The van der Waals surface area contributed by atoms with Crippen molar-refractivity contribution in [2.45, 2.75) is 82.8 Å². The monoisotopic (exact) mass is 472 g/mol. The summed E-state index contributed by atoms with van der Waals surface area (Å²) in [5.41, 5.74) is 2.54. The number of ether oxygens (including phenoxy) is 1. The SMILES string of the molecule is COC(=O)C=CC(C)Nn1c(=O)c2cc(F)c(NC3CCCCC3)cc2n(C2CCCC2)c1=O. The number of esters is 1. The molecular weight excluding hydrogens is 439 g/mol. The van der Waals surface area contributed by atoms with Gasteiger partial charge in [0.2, 0.25) is 0 Å². The summed E-state index contributed by atoms with van der Waals surface area (Å²) < 4.78 is 22.3. The van der Waals surface area contributed by atoms with E-state index < -0.39 is 29.1 Å². The van der Waals surface area contributed by atoms with Crippen LogP contribution in [0.4, 0.5) is 10.1 Å². The second kappa shape index (κ2) is 10.4. The highest BCUT2D eigenvalue weighted by atomic mass is 19.1. The summed E-state index contributed by atoms with van der Waals surface area (Å²) in [6.07, 6.45) is 11.8. The average molecular weight is 473 g/mol. The minimum atomic E-state index is -0.615. The van der Waals surface area contributed by atoms with Crippen LogP contribution < -0.4 is 22.0 Å². The largest absolute Gasteiger partial charge is 0.466 e. The third-order valence-electron chi connectivity index (χ3n) is 6.89. The number of fused-ring (bicyclic) bond motifs is 1. The van der Waals surface area contributed by atoms with Gasteiger partial charge in [0.05, 0.1) is 29.7 Å². The Labute approximate surface area is 197 Å². The van der Waals surface area contributed by atoms with E-state index in [1.807, 2.05) is 0 Å². The van der Waals surface area contributed by atoms with Crippen LogP contribution in [-0.2, 0) is 9.53 Å².